The fourth-order valence-electron chi connectivity index (χ4n) is 0.247. The Morgan fingerprint density at radius 3 is 1.67 bits per heavy atom. The number of ether oxygens (including phenoxy) is 1. The average molecular weight is 122 g/mol. The van der Waals surface area contributed by atoms with Crippen molar-refractivity contribution in [2.45, 2.75) is 0 Å². The Balaban J connectivity index is 3.27. The summed E-state index contributed by atoms with van der Waals surface area (Å²) in [5.74, 6) is 0. The molecule has 0 aromatic carbocycles. The number of rotatable bonds is 4. The molecule has 0 spiro atoms. The van der Waals surface area contributed by atoms with Crippen molar-refractivity contribution in [2.24, 2.45) is 0 Å². The minimum Gasteiger partial charge on any atom is -0.473 e. The fraction of sp³-hybridized carbons (Fsp3) is 0. The lowest BCUT2D eigenvalue weighted by Crippen LogP contribution is -1.61. The van der Waals surface area contributed by atoms with Gasteiger partial charge in [-0.3, -0.25) is 0 Å². The van der Waals surface area contributed by atoms with Crippen LogP contribution < -0.4 is 0 Å². The quantitative estimate of drug-likeness (QED) is 0.411. The molecule has 0 rings (SSSR count). The van der Waals surface area contributed by atoms with Crippen LogP contribution in [0.15, 0.2) is 50.0 Å². The van der Waals surface area contributed by atoms with Gasteiger partial charge in [-0.25, -0.2) is 0 Å². The van der Waals surface area contributed by atoms with Crippen molar-refractivity contribution in [3.63, 3.8) is 0 Å². The monoisotopic (exact) mass is 122 g/mol. The molecule has 0 saturated heterocycles. The summed E-state index contributed by atoms with van der Waals surface area (Å²) < 4.78 is 4.81. The van der Waals surface area contributed by atoms with E-state index in [4.69, 9.17) is 4.74 Å². The Hall–Kier alpha value is -1.24. The highest BCUT2D eigenvalue weighted by Crippen LogP contribution is 1.80. The van der Waals surface area contributed by atoms with E-state index in [0.717, 1.165) is 0 Å². The van der Waals surface area contributed by atoms with E-state index in [2.05, 4.69) is 13.2 Å². The molecule has 0 heterocycles. The Morgan fingerprint density at radius 1 is 0.889 bits per heavy atom. The molecule has 0 radical (unpaired) electrons. The molecule has 0 saturated carbocycles. The molecule has 9 heavy (non-hydrogen) atoms. The molecule has 0 atom stereocenters. The standard InChI is InChI=1S/C8H10O/c1-3-5-7-9-8-6-4-2/h3-8H,1-2H2. The third-order valence-electron chi connectivity index (χ3n) is 0.586. The van der Waals surface area contributed by atoms with Gasteiger partial charge >= 0.3 is 0 Å². The molecule has 0 aliphatic heterocycles. The highest BCUT2D eigenvalue weighted by molar-refractivity contribution is 4.96. The summed E-state index contributed by atoms with van der Waals surface area (Å²) in [6, 6.07) is 0. The number of allylic oxidation sites excluding steroid dienone is 4. The molecule has 0 amide bonds. The van der Waals surface area contributed by atoms with Gasteiger partial charge in [0.2, 0.25) is 0 Å². The summed E-state index contributed by atoms with van der Waals surface area (Å²) in [5, 5.41) is 0. The molecule has 0 aromatic rings. The Bertz CT molecular complexity index is 116. The van der Waals surface area contributed by atoms with Crippen molar-refractivity contribution in [3.05, 3.63) is 50.0 Å². The highest BCUT2D eigenvalue weighted by Gasteiger charge is 1.61. The number of hydrogen-bond acceptors (Lipinski definition) is 1. The topological polar surface area (TPSA) is 9.23 Å². The Morgan fingerprint density at radius 2 is 1.33 bits per heavy atom. The maximum Gasteiger partial charge on any atom is 0.0901 e. The van der Waals surface area contributed by atoms with Crippen molar-refractivity contribution >= 4 is 0 Å². The van der Waals surface area contributed by atoms with Gasteiger partial charge in [0.1, 0.15) is 0 Å². The third-order valence-corrected chi connectivity index (χ3v) is 0.586. The van der Waals surface area contributed by atoms with Crippen LogP contribution in [0.3, 0.4) is 0 Å². The highest BCUT2D eigenvalue weighted by atomic mass is 16.5. The van der Waals surface area contributed by atoms with E-state index in [0.29, 0.717) is 0 Å². The van der Waals surface area contributed by atoms with Gasteiger partial charge in [0.15, 0.2) is 0 Å². The van der Waals surface area contributed by atoms with E-state index >= 15 is 0 Å². The SMILES string of the molecule is C=CC=COC=CC=C. The average Bonchev–Trinajstić information content (AvgIpc) is 1.89. The lowest BCUT2D eigenvalue weighted by atomic mass is 10.6. The molecule has 0 aliphatic carbocycles. The van der Waals surface area contributed by atoms with Crippen LogP contribution in [0.1, 0.15) is 0 Å². The predicted octanol–water partition coefficient (Wildman–Crippen LogP) is 2.40. The van der Waals surface area contributed by atoms with Crippen LogP contribution >= 0.6 is 0 Å². The van der Waals surface area contributed by atoms with Crippen molar-refractivity contribution in [1.29, 1.82) is 0 Å². The van der Waals surface area contributed by atoms with Crippen LogP contribution in [0.5, 0.6) is 0 Å². The zero-order chi connectivity index (χ0) is 6.95. The van der Waals surface area contributed by atoms with Crippen molar-refractivity contribution in [1.82, 2.24) is 0 Å². The van der Waals surface area contributed by atoms with Crippen LogP contribution in [0, 0.1) is 0 Å². The third kappa shape index (κ3) is 6.76. The largest absolute Gasteiger partial charge is 0.473 e. The fourth-order valence-corrected chi connectivity index (χ4v) is 0.247. The van der Waals surface area contributed by atoms with Gasteiger partial charge in [-0.2, -0.15) is 0 Å². The van der Waals surface area contributed by atoms with Crippen molar-refractivity contribution in [3.8, 4) is 0 Å². The molecule has 1 heteroatoms. The number of hydrogen-bond donors (Lipinski definition) is 0. The summed E-state index contributed by atoms with van der Waals surface area (Å²) >= 11 is 0. The predicted molar refractivity (Wildman–Crippen MR) is 39.8 cm³/mol. The summed E-state index contributed by atoms with van der Waals surface area (Å²) in [5.41, 5.74) is 0. The second-order valence-electron chi connectivity index (χ2n) is 1.26. The normalized spacial score (nSPS) is 10.2. The van der Waals surface area contributed by atoms with Crippen LogP contribution in [0.2, 0.25) is 0 Å². The first-order valence-electron chi connectivity index (χ1n) is 2.62. The summed E-state index contributed by atoms with van der Waals surface area (Å²) in [7, 11) is 0. The Labute approximate surface area is 55.6 Å². The van der Waals surface area contributed by atoms with Crippen molar-refractivity contribution in [2.75, 3.05) is 0 Å². The van der Waals surface area contributed by atoms with Gasteiger partial charge in [-0.05, 0) is 12.2 Å². The van der Waals surface area contributed by atoms with E-state index < -0.39 is 0 Å². The first kappa shape index (κ1) is 7.76. The van der Waals surface area contributed by atoms with E-state index in [1.807, 2.05) is 0 Å². The van der Waals surface area contributed by atoms with Crippen molar-refractivity contribution < 1.29 is 4.74 Å². The minimum absolute atomic E-state index is 1.53. The maximum atomic E-state index is 4.81. The summed E-state index contributed by atoms with van der Waals surface area (Å²) in [6.45, 7) is 6.93. The first-order chi connectivity index (χ1) is 4.41. The molecule has 48 valence electrons. The molecule has 0 N–H and O–H groups in total. The van der Waals surface area contributed by atoms with E-state index in [1.54, 1.807) is 24.3 Å². The zero-order valence-corrected chi connectivity index (χ0v) is 5.29. The molecule has 0 unspecified atom stereocenters. The van der Waals surface area contributed by atoms with E-state index in [9.17, 15) is 0 Å². The van der Waals surface area contributed by atoms with Crippen LogP contribution in [-0.2, 0) is 4.74 Å². The van der Waals surface area contributed by atoms with E-state index in [-0.39, 0.29) is 0 Å². The minimum atomic E-state index is 1.53. The molecule has 1 nitrogen and oxygen atoms in total. The van der Waals surface area contributed by atoms with Gasteiger partial charge < -0.3 is 4.74 Å². The molecule has 0 bridgehead atoms. The van der Waals surface area contributed by atoms with Gasteiger partial charge in [0.25, 0.3) is 0 Å². The van der Waals surface area contributed by atoms with Gasteiger partial charge in [-0.15, -0.1) is 0 Å². The zero-order valence-electron chi connectivity index (χ0n) is 5.29. The van der Waals surface area contributed by atoms with Gasteiger partial charge in [-0.1, -0.05) is 25.3 Å². The molecule has 0 fully saturated rings. The molecule has 0 aliphatic rings. The lowest BCUT2D eigenvalue weighted by Gasteiger charge is -1.83. The summed E-state index contributed by atoms with van der Waals surface area (Å²) in [4.78, 5) is 0. The molecular weight excluding hydrogens is 112 g/mol. The van der Waals surface area contributed by atoms with E-state index in [1.165, 1.54) is 12.5 Å². The second-order valence-corrected chi connectivity index (χ2v) is 1.26. The smallest absolute Gasteiger partial charge is 0.0901 e. The molecular formula is C8H10O. The lowest BCUT2D eigenvalue weighted by molar-refractivity contribution is 0.403. The second kappa shape index (κ2) is 6.76. The Kier molecular flexibility index (Phi) is 5.83. The van der Waals surface area contributed by atoms with Gasteiger partial charge in [0.05, 0.1) is 12.5 Å². The van der Waals surface area contributed by atoms with Crippen LogP contribution in [0.4, 0.5) is 0 Å². The van der Waals surface area contributed by atoms with Crippen LogP contribution in [0.25, 0.3) is 0 Å². The van der Waals surface area contributed by atoms with Crippen LogP contribution in [-0.4, -0.2) is 0 Å². The summed E-state index contributed by atoms with van der Waals surface area (Å²) in [6.07, 6.45) is 9.75. The molecule has 0 aromatic heterocycles. The van der Waals surface area contributed by atoms with Gasteiger partial charge in [0, 0.05) is 0 Å². The maximum absolute atomic E-state index is 4.81. The first-order valence-corrected chi connectivity index (χ1v) is 2.62.